The molecule has 0 spiro atoms. The van der Waals surface area contributed by atoms with Gasteiger partial charge in [-0.1, -0.05) is 31.2 Å². The average Bonchev–Trinajstić information content (AvgIpc) is 2.60. The molecule has 1 heterocycles. The first-order chi connectivity index (χ1) is 7.22. The number of halogens is 1. The maximum Gasteiger partial charge on any atom is 0.0383 e. The highest BCUT2D eigenvalue weighted by Crippen LogP contribution is 2.35. The van der Waals surface area contributed by atoms with Gasteiger partial charge in [0.25, 0.3) is 0 Å². The summed E-state index contributed by atoms with van der Waals surface area (Å²) < 4.78 is 1.21. The third-order valence-electron chi connectivity index (χ3n) is 2.60. The number of hydrogen-bond donors (Lipinski definition) is 0. The van der Waals surface area contributed by atoms with Crippen LogP contribution < -0.4 is 0 Å². The van der Waals surface area contributed by atoms with Crippen molar-refractivity contribution in [1.29, 1.82) is 0 Å². The highest BCUT2D eigenvalue weighted by Gasteiger charge is 2.06. The van der Waals surface area contributed by atoms with Gasteiger partial charge >= 0.3 is 0 Å². The van der Waals surface area contributed by atoms with E-state index >= 15 is 0 Å². The van der Waals surface area contributed by atoms with E-state index in [1.54, 1.807) is 11.3 Å². The molecule has 0 saturated heterocycles. The molecule has 0 saturated carbocycles. The Hall–Kier alpha value is -0.600. The average molecular weight is 281 g/mol. The summed E-state index contributed by atoms with van der Waals surface area (Å²) in [7, 11) is 0. The summed E-state index contributed by atoms with van der Waals surface area (Å²) in [4.78, 5) is 1.37. The van der Waals surface area contributed by atoms with E-state index in [1.165, 1.54) is 26.0 Å². The van der Waals surface area contributed by atoms with E-state index in [0.29, 0.717) is 0 Å². The van der Waals surface area contributed by atoms with Gasteiger partial charge in [-0.05, 0) is 46.0 Å². The van der Waals surface area contributed by atoms with Crippen LogP contribution in [0.3, 0.4) is 0 Å². The van der Waals surface area contributed by atoms with Gasteiger partial charge in [-0.15, -0.1) is 11.3 Å². The van der Waals surface area contributed by atoms with Crippen molar-refractivity contribution < 1.29 is 0 Å². The Morgan fingerprint density at radius 1 is 1.20 bits per heavy atom. The normalized spacial score (nSPS) is 10.6. The lowest BCUT2D eigenvalue weighted by Crippen LogP contribution is -1.80. The third kappa shape index (κ3) is 2.16. The number of benzene rings is 1. The maximum atomic E-state index is 3.55. The second kappa shape index (κ2) is 4.50. The minimum Gasteiger partial charge on any atom is -0.142 e. The van der Waals surface area contributed by atoms with Crippen molar-refractivity contribution in [1.82, 2.24) is 0 Å². The van der Waals surface area contributed by atoms with Gasteiger partial charge in [-0.2, -0.15) is 0 Å². The monoisotopic (exact) mass is 280 g/mol. The molecular formula is C13H13BrS. The molecule has 0 atom stereocenters. The largest absolute Gasteiger partial charge is 0.142 e. The SMILES string of the molecule is CCc1ccc(-c2scc(Br)c2C)cc1. The quantitative estimate of drug-likeness (QED) is 0.722. The summed E-state index contributed by atoms with van der Waals surface area (Å²) >= 11 is 5.35. The van der Waals surface area contributed by atoms with Gasteiger partial charge in [0.05, 0.1) is 0 Å². The van der Waals surface area contributed by atoms with Gasteiger partial charge in [0, 0.05) is 14.7 Å². The lowest BCUT2D eigenvalue weighted by molar-refractivity contribution is 1.14. The Bertz CT molecular complexity index is 454. The number of hydrogen-bond acceptors (Lipinski definition) is 1. The van der Waals surface area contributed by atoms with Crippen LogP contribution in [0.4, 0.5) is 0 Å². The van der Waals surface area contributed by atoms with Crippen molar-refractivity contribution in [2.75, 3.05) is 0 Å². The Kier molecular flexibility index (Phi) is 3.27. The van der Waals surface area contributed by atoms with Crippen LogP contribution in [0, 0.1) is 6.92 Å². The molecular weight excluding hydrogens is 268 g/mol. The molecule has 0 N–H and O–H groups in total. The molecule has 2 aromatic rings. The Balaban J connectivity index is 2.41. The summed E-state index contributed by atoms with van der Waals surface area (Å²) in [5.41, 5.74) is 4.05. The molecule has 0 amide bonds. The minimum absolute atomic E-state index is 1.10. The van der Waals surface area contributed by atoms with E-state index in [0.717, 1.165) is 6.42 Å². The Labute approximate surface area is 103 Å². The predicted octanol–water partition coefficient (Wildman–Crippen LogP) is 5.05. The van der Waals surface area contributed by atoms with Gasteiger partial charge in [0.15, 0.2) is 0 Å². The fourth-order valence-corrected chi connectivity index (χ4v) is 3.14. The second-order valence-electron chi connectivity index (χ2n) is 3.59. The zero-order valence-corrected chi connectivity index (χ0v) is 11.3. The van der Waals surface area contributed by atoms with Crippen molar-refractivity contribution in [3.63, 3.8) is 0 Å². The van der Waals surface area contributed by atoms with E-state index in [-0.39, 0.29) is 0 Å². The molecule has 0 fully saturated rings. The molecule has 2 heteroatoms. The standard InChI is InChI=1S/C13H13BrS/c1-3-10-4-6-11(7-5-10)13-9(2)12(14)8-15-13/h4-8H,3H2,1-2H3. The molecule has 15 heavy (non-hydrogen) atoms. The molecule has 0 aliphatic carbocycles. The molecule has 0 aliphatic heterocycles. The number of thiophene rings is 1. The summed E-state index contributed by atoms with van der Waals surface area (Å²) in [6.45, 7) is 4.34. The molecule has 0 aliphatic rings. The van der Waals surface area contributed by atoms with Crippen LogP contribution in [0.1, 0.15) is 18.1 Å². The molecule has 0 unspecified atom stereocenters. The second-order valence-corrected chi connectivity index (χ2v) is 5.32. The maximum absolute atomic E-state index is 3.55. The lowest BCUT2D eigenvalue weighted by atomic mass is 10.1. The minimum atomic E-state index is 1.10. The summed E-state index contributed by atoms with van der Waals surface area (Å²) in [6, 6.07) is 8.85. The van der Waals surface area contributed by atoms with Crippen molar-refractivity contribution >= 4 is 27.3 Å². The van der Waals surface area contributed by atoms with E-state index in [1.807, 2.05) is 0 Å². The highest BCUT2D eigenvalue weighted by molar-refractivity contribution is 9.10. The van der Waals surface area contributed by atoms with Gasteiger partial charge in [0.2, 0.25) is 0 Å². The van der Waals surface area contributed by atoms with E-state index in [9.17, 15) is 0 Å². The molecule has 1 aromatic heterocycles. The topological polar surface area (TPSA) is 0 Å². The molecule has 0 nitrogen and oxygen atoms in total. The van der Waals surface area contributed by atoms with Crippen LogP contribution in [-0.4, -0.2) is 0 Å². The van der Waals surface area contributed by atoms with Crippen LogP contribution >= 0.6 is 27.3 Å². The summed E-state index contributed by atoms with van der Waals surface area (Å²) in [5.74, 6) is 0. The molecule has 0 bridgehead atoms. The zero-order chi connectivity index (χ0) is 10.8. The van der Waals surface area contributed by atoms with Crippen LogP contribution in [-0.2, 0) is 6.42 Å². The molecule has 0 radical (unpaired) electrons. The van der Waals surface area contributed by atoms with Gasteiger partial charge < -0.3 is 0 Å². The first-order valence-electron chi connectivity index (χ1n) is 5.05. The van der Waals surface area contributed by atoms with Crippen molar-refractivity contribution in [2.24, 2.45) is 0 Å². The molecule has 1 aromatic carbocycles. The third-order valence-corrected chi connectivity index (χ3v) is 4.86. The Morgan fingerprint density at radius 3 is 2.33 bits per heavy atom. The smallest absolute Gasteiger partial charge is 0.0383 e. The van der Waals surface area contributed by atoms with E-state index in [4.69, 9.17) is 0 Å². The van der Waals surface area contributed by atoms with E-state index < -0.39 is 0 Å². The van der Waals surface area contributed by atoms with E-state index in [2.05, 4.69) is 59.4 Å². The van der Waals surface area contributed by atoms with Crippen LogP contribution in [0.2, 0.25) is 0 Å². The first-order valence-corrected chi connectivity index (χ1v) is 6.72. The molecule has 78 valence electrons. The summed E-state index contributed by atoms with van der Waals surface area (Å²) in [5, 5.41) is 2.15. The lowest BCUT2D eigenvalue weighted by Gasteiger charge is -2.02. The fourth-order valence-electron chi connectivity index (χ4n) is 1.57. The number of rotatable bonds is 2. The van der Waals surface area contributed by atoms with Gasteiger partial charge in [0.1, 0.15) is 0 Å². The van der Waals surface area contributed by atoms with Crippen LogP contribution in [0.25, 0.3) is 10.4 Å². The van der Waals surface area contributed by atoms with Gasteiger partial charge in [-0.3, -0.25) is 0 Å². The first kappa shape index (κ1) is 10.9. The number of aryl methyl sites for hydroxylation is 1. The van der Waals surface area contributed by atoms with Crippen molar-refractivity contribution in [3.8, 4) is 10.4 Å². The Morgan fingerprint density at radius 2 is 1.87 bits per heavy atom. The highest BCUT2D eigenvalue weighted by atomic mass is 79.9. The van der Waals surface area contributed by atoms with Gasteiger partial charge in [-0.25, -0.2) is 0 Å². The summed E-state index contributed by atoms with van der Waals surface area (Å²) in [6.07, 6.45) is 1.10. The van der Waals surface area contributed by atoms with Crippen molar-refractivity contribution in [2.45, 2.75) is 20.3 Å². The predicted molar refractivity (Wildman–Crippen MR) is 71.6 cm³/mol. The zero-order valence-electron chi connectivity index (χ0n) is 8.88. The molecule has 2 rings (SSSR count). The van der Waals surface area contributed by atoms with Crippen molar-refractivity contribution in [3.05, 3.63) is 45.2 Å². The fraction of sp³-hybridized carbons (Fsp3) is 0.231. The van der Waals surface area contributed by atoms with Crippen LogP contribution in [0.15, 0.2) is 34.1 Å². The van der Waals surface area contributed by atoms with Crippen LogP contribution in [0.5, 0.6) is 0 Å².